The van der Waals surface area contributed by atoms with Gasteiger partial charge >= 0.3 is 0 Å². The van der Waals surface area contributed by atoms with Crippen LogP contribution in [0.4, 0.5) is 16.5 Å². The molecule has 0 fully saturated rings. The minimum absolute atomic E-state index is 0.00452. The monoisotopic (exact) mass is 443 g/mol. The SMILES string of the molecule is CCC(C(=O)Nc1ccc(-c2csc(Nc3cccc(OC)c3)n2)cc1)c1ccccc1. The highest BCUT2D eigenvalue weighted by atomic mass is 32.1. The van der Waals surface area contributed by atoms with Gasteiger partial charge in [0, 0.05) is 28.4 Å². The molecule has 1 heterocycles. The molecule has 1 atom stereocenters. The number of thiazole rings is 1. The largest absolute Gasteiger partial charge is 0.497 e. The normalized spacial score (nSPS) is 11.6. The van der Waals surface area contributed by atoms with Crippen LogP contribution in [0.3, 0.4) is 0 Å². The predicted octanol–water partition coefficient (Wildman–Crippen LogP) is 6.69. The van der Waals surface area contributed by atoms with Crippen LogP contribution in [-0.2, 0) is 4.79 Å². The average Bonchev–Trinajstić information content (AvgIpc) is 3.29. The third-order valence-electron chi connectivity index (χ3n) is 5.20. The van der Waals surface area contributed by atoms with Crippen molar-refractivity contribution in [1.29, 1.82) is 0 Å². The Kier molecular flexibility index (Phi) is 6.82. The molecule has 162 valence electrons. The minimum Gasteiger partial charge on any atom is -0.497 e. The number of carbonyl (C=O) groups excluding carboxylic acids is 1. The Bertz CT molecular complexity index is 1170. The summed E-state index contributed by atoms with van der Waals surface area (Å²) in [6.45, 7) is 2.03. The van der Waals surface area contributed by atoms with E-state index in [1.54, 1.807) is 7.11 Å². The van der Waals surface area contributed by atoms with Gasteiger partial charge in [0.05, 0.1) is 18.7 Å². The third kappa shape index (κ3) is 5.15. The van der Waals surface area contributed by atoms with Crippen molar-refractivity contribution in [2.45, 2.75) is 19.3 Å². The first-order valence-corrected chi connectivity index (χ1v) is 11.4. The molecule has 4 rings (SSSR count). The van der Waals surface area contributed by atoms with Gasteiger partial charge < -0.3 is 15.4 Å². The molecule has 32 heavy (non-hydrogen) atoms. The quantitative estimate of drug-likeness (QED) is 0.318. The van der Waals surface area contributed by atoms with E-state index in [0.29, 0.717) is 0 Å². The summed E-state index contributed by atoms with van der Waals surface area (Å²) in [4.78, 5) is 17.5. The van der Waals surface area contributed by atoms with E-state index >= 15 is 0 Å². The molecule has 6 heteroatoms. The van der Waals surface area contributed by atoms with Crippen LogP contribution in [0.2, 0.25) is 0 Å². The topological polar surface area (TPSA) is 63.2 Å². The lowest BCUT2D eigenvalue weighted by Gasteiger charge is -2.15. The number of rotatable bonds is 8. The summed E-state index contributed by atoms with van der Waals surface area (Å²) in [5, 5.41) is 9.17. The molecule has 3 aromatic carbocycles. The van der Waals surface area contributed by atoms with Gasteiger partial charge in [-0.1, -0.05) is 55.5 Å². The molecule has 0 aliphatic heterocycles. The van der Waals surface area contributed by atoms with E-state index in [4.69, 9.17) is 4.74 Å². The fourth-order valence-corrected chi connectivity index (χ4v) is 4.24. The number of nitrogens with zero attached hydrogens (tertiary/aromatic N) is 1. The molecule has 0 bridgehead atoms. The Balaban J connectivity index is 1.42. The lowest BCUT2D eigenvalue weighted by Crippen LogP contribution is -2.20. The van der Waals surface area contributed by atoms with Gasteiger partial charge in [-0.25, -0.2) is 4.98 Å². The van der Waals surface area contributed by atoms with Crippen LogP contribution in [0.25, 0.3) is 11.3 Å². The Morgan fingerprint density at radius 2 is 1.78 bits per heavy atom. The van der Waals surface area contributed by atoms with Gasteiger partial charge in [0.2, 0.25) is 5.91 Å². The molecule has 1 unspecified atom stereocenters. The Labute approximate surface area is 192 Å². The molecular weight excluding hydrogens is 418 g/mol. The van der Waals surface area contributed by atoms with Crippen LogP contribution >= 0.6 is 11.3 Å². The molecule has 0 saturated heterocycles. The van der Waals surface area contributed by atoms with Crippen LogP contribution in [0.15, 0.2) is 84.2 Å². The fraction of sp³-hybridized carbons (Fsp3) is 0.154. The number of methoxy groups -OCH3 is 1. The average molecular weight is 444 g/mol. The van der Waals surface area contributed by atoms with Crippen molar-refractivity contribution in [2.75, 3.05) is 17.7 Å². The maximum atomic E-state index is 12.8. The Morgan fingerprint density at radius 3 is 2.50 bits per heavy atom. The Morgan fingerprint density at radius 1 is 1.00 bits per heavy atom. The van der Waals surface area contributed by atoms with Gasteiger partial charge in [-0.05, 0) is 36.2 Å². The summed E-state index contributed by atoms with van der Waals surface area (Å²) in [5.41, 5.74) is 4.61. The zero-order valence-electron chi connectivity index (χ0n) is 18.0. The summed E-state index contributed by atoms with van der Waals surface area (Å²) in [5.74, 6) is 0.631. The van der Waals surface area contributed by atoms with Gasteiger partial charge in [0.1, 0.15) is 5.75 Å². The number of aromatic nitrogens is 1. The lowest BCUT2D eigenvalue weighted by molar-refractivity contribution is -0.117. The summed E-state index contributed by atoms with van der Waals surface area (Å²) >= 11 is 1.54. The number of hydrogen-bond acceptors (Lipinski definition) is 5. The second-order valence-corrected chi connectivity index (χ2v) is 8.19. The lowest BCUT2D eigenvalue weighted by atomic mass is 9.95. The summed E-state index contributed by atoms with van der Waals surface area (Å²) in [6.07, 6.45) is 0.746. The number of anilines is 3. The van der Waals surface area contributed by atoms with Crippen molar-refractivity contribution in [3.63, 3.8) is 0 Å². The minimum atomic E-state index is -0.167. The number of nitrogens with one attached hydrogen (secondary N) is 2. The van der Waals surface area contributed by atoms with Crippen LogP contribution in [0, 0.1) is 0 Å². The maximum absolute atomic E-state index is 12.8. The van der Waals surface area contributed by atoms with Crippen LogP contribution in [0.1, 0.15) is 24.8 Å². The summed E-state index contributed by atoms with van der Waals surface area (Å²) < 4.78 is 5.27. The van der Waals surface area contributed by atoms with E-state index in [-0.39, 0.29) is 11.8 Å². The van der Waals surface area contributed by atoms with Gasteiger partial charge in [-0.2, -0.15) is 0 Å². The van der Waals surface area contributed by atoms with Crippen molar-refractivity contribution in [1.82, 2.24) is 4.98 Å². The van der Waals surface area contributed by atoms with E-state index in [1.165, 1.54) is 11.3 Å². The zero-order chi connectivity index (χ0) is 22.3. The summed E-state index contributed by atoms with van der Waals surface area (Å²) in [6, 6.07) is 25.4. The van der Waals surface area contributed by atoms with Gasteiger partial charge in [-0.15, -0.1) is 11.3 Å². The van der Waals surface area contributed by atoms with Gasteiger partial charge in [0.25, 0.3) is 0 Å². The highest BCUT2D eigenvalue weighted by molar-refractivity contribution is 7.14. The van der Waals surface area contributed by atoms with E-state index in [0.717, 1.165) is 45.5 Å². The summed E-state index contributed by atoms with van der Waals surface area (Å²) in [7, 11) is 1.65. The zero-order valence-corrected chi connectivity index (χ0v) is 18.9. The molecule has 0 radical (unpaired) electrons. The third-order valence-corrected chi connectivity index (χ3v) is 5.96. The highest BCUT2D eigenvalue weighted by Crippen LogP contribution is 2.29. The van der Waals surface area contributed by atoms with Crippen molar-refractivity contribution in [3.05, 3.63) is 89.8 Å². The second kappa shape index (κ2) is 10.1. The van der Waals surface area contributed by atoms with Crippen molar-refractivity contribution in [2.24, 2.45) is 0 Å². The van der Waals surface area contributed by atoms with E-state index in [1.807, 2.05) is 91.2 Å². The molecule has 0 spiro atoms. The standard InChI is InChI=1S/C26H25N3O2S/c1-3-23(18-8-5-4-6-9-18)25(30)27-20-14-12-19(13-15-20)24-17-32-26(29-24)28-21-10-7-11-22(16-21)31-2/h4-17,23H,3H2,1-2H3,(H,27,30)(H,28,29). The number of amides is 1. The fourth-order valence-electron chi connectivity index (χ4n) is 3.50. The first-order valence-electron chi connectivity index (χ1n) is 10.5. The second-order valence-electron chi connectivity index (χ2n) is 7.33. The highest BCUT2D eigenvalue weighted by Gasteiger charge is 2.18. The van der Waals surface area contributed by atoms with E-state index in [2.05, 4.69) is 15.6 Å². The van der Waals surface area contributed by atoms with Gasteiger partial charge in [-0.3, -0.25) is 4.79 Å². The Hall–Kier alpha value is -3.64. The van der Waals surface area contributed by atoms with Crippen LogP contribution in [0.5, 0.6) is 5.75 Å². The molecule has 0 saturated carbocycles. The molecule has 1 amide bonds. The number of ether oxygens (including phenoxy) is 1. The molecule has 1 aromatic heterocycles. The van der Waals surface area contributed by atoms with Gasteiger partial charge in [0.15, 0.2) is 5.13 Å². The number of carbonyl (C=O) groups is 1. The molecular formula is C26H25N3O2S. The molecule has 2 N–H and O–H groups in total. The molecule has 5 nitrogen and oxygen atoms in total. The number of benzene rings is 3. The molecule has 0 aliphatic rings. The smallest absolute Gasteiger partial charge is 0.231 e. The first kappa shape index (κ1) is 21.6. The number of hydrogen-bond donors (Lipinski definition) is 2. The maximum Gasteiger partial charge on any atom is 0.231 e. The molecule has 0 aliphatic carbocycles. The van der Waals surface area contributed by atoms with E-state index in [9.17, 15) is 4.79 Å². The molecule has 4 aromatic rings. The first-order chi connectivity index (χ1) is 15.7. The van der Waals surface area contributed by atoms with E-state index < -0.39 is 0 Å². The van der Waals surface area contributed by atoms with Crippen molar-refractivity contribution >= 4 is 33.8 Å². The van der Waals surface area contributed by atoms with Crippen molar-refractivity contribution < 1.29 is 9.53 Å². The van der Waals surface area contributed by atoms with Crippen LogP contribution < -0.4 is 15.4 Å². The van der Waals surface area contributed by atoms with Crippen LogP contribution in [-0.4, -0.2) is 18.0 Å². The van der Waals surface area contributed by atoms with Crippen molar-refractivity contribution in [3.8, 4) is 17.0 Å². The predicted molar refractivity (Wildman–Crippen MR) is 132 cm³/mol.